The molecule has 8 atom stereocenters. The van der Waals surface area contributed by atoms with Gasteiger partial charge in [-0.2, -0.15) is 0 Å². The van der Waals surface area contributed by atoms with Crippen molar-refractivity contribution in [2.75, 3.05) is 0 Å². The van der Waals surface area contributed by atoms with Crippen LogP contribution in [0.5, 0.6) is 0 Å². The summed E-state index contributed by atoms with van der Waals surface area (Å²) in [5.74, 6) is 3.59. The molecule has 221 valence electrons. The average molecular weight is 721 g/mol. The summed E-state index contributed by atoms with van der Waals surface area (Å²) in [6.07, 6.45) is 7.09. The number of hydrogen-bond acceptors (Lipinski definition) is 3. The van der Waals surface area contributed by atoms with E-state index in [2.05, 4.69) is 64.7 Å². The van der Waals surface area contributed by atoms with E-state index in [4.69, 9.17) is 0 Å². The predicted molar refractivity (Wildman–Crippen MR) is 163 cm³/mol. The molecule has 1 heterocycles. The molecule has 0 amide bonds. The van der Waals surface area contributed by atoms with Crippen molar-refractivity contribution in [2.45, 2.75) is 85.9 Å². The van der Waals surface area contributed by atoms with Crippen molar-refractivity contribution < 1.29 is 30.3 Å². The van der Waals surface area contributed by atoms with Crippen LogP contribution in [0.4, 0.5) is 0 Å². The maximum atomic E-state index is 11.2. The van der Waals surface area contributed by atoms with Gasteiger partial charge in [-0.05, 0) is 89.6 Å². The normalized spacial score (nSPS) is 28.1. The topological polar surface area (TPSA) is 53.4 Å². The van der Waals surface area contributed by atoms with Gasteiger partial charge in [-0.15, -0.1) is 35.9 Å². The van der Waals surface area contributed by atoms with E-state index in [0.29, 0.717) is 41.4 Å². The minimum absolute atomic E-state index is 0. The number of pyridine rings is 1. The average Bonchev–Trinajstić information content (AvgIpc) is 3.11. The molecule has 1 radical (unpaired) electrons. The van der Waals surface area contributed by atoms with Crippen LogP contribution in [0.3, 0.4) is 0 Å². The minimum atomic E-state index is -0.322. The van der Waals surface area contributed by atoms with Crippen molar-refractivity contribution >= 4 is 10.8 Å². The predicted octanol–water partition coefficient (Wildman–Crippen LogP) is 8.43. The van der Waals surface area contributed by atoms with Gasteiger partial charge in [0, 0.05) is 32.2 Å². The third-order valence-electron chi connectivity index (χ3n) is 10.3. The molecule has 1 aromatic heterocycles. The van der Waals surface area contributed by atoms with Gasteiger partial charge in [-0.1, -0.05) is 72.2 Å². The summed E-state index contributed by atoms with van der Waals surface area (Å²) < 4.78 is 0. The summed E-state index contributed by atoms with van der Waals surface area (Å²) in [5, 5.41) is 24.8. The molecule has 40 heavy (non-hydrogen) atoms. The molecule has 2 N–H and O–H groups in total. The Labute approximate surface area is 256 Å². The Morgan fingerprint density at radius 2 is 1.38 bits per heavy atom. The molecule has 0 aliphatic heterocycles. The van der Waals surface area contributed by atoms with Crippen molar-refractivity contribution in [2.24, 2.45) is 47.3 Å². The molecular formula is C36H50IrNO2-. The molecule has 0 bridgehead atoms. The zero-order valence-corrected chi connectivity index (χ0v) is 27.7. The Balaban J connectivity index is 0.000000227. The van der Waals surface area contributed by atoms with Crippen LogP contribution in [0, 0.1) is 53.4 Å². The number of fused-ring (bicyclic) bond motifs is 2. The van der Waals surface area contributed by atoms with E-state index in [1.54, 1.807) is 0 Å². The summed E-state index contributed by atoms with van der Waals surface area (Å²) in [6.45, 7) is 13.6. The summed E-state index contributed by atoms with van der Waals surface area (Å²) >= 11 is 0. The summed E-state index contributed by atoms with van der Waals surface area (Å²) in [4.78, 5) is 4.45. The SMILES string of the molecule is CC(C)C(C)[C@H]1CCCC2CC[C@H](C(C)C(C)C)C(O)C2C1O.[Ir].[c-]1ccccc1-c1nccc2ccccc12. The number of benzene rings is 2. The standard InChI is InChI=1S/C21H40O2.C15H10N.Ir/c1-12(2)14(5)17-9-7-8-16-10-11-18(15(6)13(3)4)21(23)19(16)20(17)22;1-2-7-13(8-3-1)15-14-9-5-4-6-12(14)10-11-16-15;/h12-23H,7-11H2,1-6H3;1-7,9-11H;/q;-1;/t14?,15?,16?,17-,18-,19?,20?,21?;;/m1../s1. The Bertz CT molecular complexity index is 1160. The molecule has 2 fully saturated rings. The fourth-order valence-electron chi connectivity index (χ4n) is 7.24. The minimum Gasteiger partial charge on any atom is -0.392 e. The third-order valence-corrected chi connectivity index (χ3v) is 10.3. The van der Waals surface area contributed by atoms with Gasteiger partial charge in [0.2, 0.25) is 0 Å². The maximum Gasteiger partial charge on any atom is 0.0626 e. The Hall–Kier alpha value is -1.58. The second-order valence-corrected chi connectivity index (χ2v) is 13.0. The number of hydrogen-bond donors (Lipinski definition) is 2. The van der Waals surface area contributed by atoms with Crippen molar-refractivity contribution in [3.63, 3.8) is 0 Å². The summed E-state index contributed by atoms with van der Waals surface area (Å²) in [7, 11) is 0. The first-order valence-electron chi connectivity index (χ1n) is 15.4. The number of nitrogens with zero attached hydrogens (tertiary/aromatic N) is 1. The van der Waals surface area contributed by atoms with Crippen LogP contribution in [0.15, 0.2) is 60.8 Å². The first-order valence-corrected chi connectivity index (χ1v) is 15.4. The van der Waals surface area contributed by atoms with Crippen LogP contribution < -0.4 is 0 Å². The molecule has 2 aliphatic carbocycles. The fourth-order valence-corrected chi connectivity index (χ4v) is 7.24. The van der Waals surface area contributed by atoms with E-state index in [1.165, 1.54) is 30.0 Å². The number of aromatic nitrogens is 1. The van der Waals surface area contributed by atoms with Gasteiger partial charge in [-0.3, -0.25) is 0 Å². The Kier molecular flexibility index (Phi) is 12.4. The van der Waals surface area contributed by atoms with Crippen molar-refractivity contribution in [1.82, 2.24) is 4.98 Å². The van der Waals surface area contributed by atoms with Crippen molar-refractivity contribution in [1.29, 1.82) is 0 Å². The van der Waals surface area contributed by atoms with E-state index in [9.17, 15) is 10.2 Å². The largest absolute Gasteiger partial charge is 0.392 e. The van der Waals surface area contributed by atoms with E-state index in [-0.39, 0.29) is 38.2 Å². The quantitative estimate of drug-likeness (QED) is 0.260. The van der Waals surface area contributed by atoms with Gasteiger partial charge in [-0.25, -0.2) is 0 Å². The zero-order chi connectivity index (χ0) is 28.1. The molecule has 3 nitrogen and oxygen atoms in total. The van der Waals surface area contributed by atoms with Gasteiger partial charge in [0.05, 0.1) is 12.2 Å². The van der Waals surface area contributed by atoms with Crippen molar-refractivity contribution in [3.05, 3.63) is 66.9 Å². The molecule has 2 aromatic carbocycles. The first-order chi connectivity index (χ1) is 18.7. The molecule has 5 rings (SSSR count). The molecule has 0 spiro atoms. The monoisotopic (exact) mass is 721 g/mol. The van der Waals surface area contributed by atoms with E-state index in [0.717, 1.165) is 24.1 Å². The second kappa shape index (κ2) is 15.1. The zero-order valence-electron chi connectivity index (χ0n) is 25.3. The van der Waals surface area contributed by atoms with Crippen LogP contribution in [-0.4, -0.2) is 27.4 Å². The van der Waals surface area contributed by atoms with Gasteiger partial charge in [0.15, 0.2) is 0 Å². The molecule has 4 heteroatoms. The number of rotatable bonds is 5. The first kappa shape index (κ1) is 32.9. The van der Waals surface area contributed by atoms with E-state index in [1.807, 2.05) is 48.7 Å². The molecule has 3 aromatic rings. The van der Waals surface area contributed by atoms with Gasteiger partial charge >= 0.3 is 0 Å². The second-order valence-electron chi connectivity index (χ2n) is 13.0. The molecule has 2 aliphatic rings. The molecule has 0 saturated heterocycles. The van der Waals surface area contributed by atoms with Crippen molar-refractivity contribution in [3.8, 4) is 11.3 Å². The van der Waals surface area contributed by atoms with Gasteiger partial charge < -0.3 is 15.2 Å². The van der Waals surface area contributed by atoms with Gasteiger partial charge in [0.1, 0.15) is 0 Å². The van der Waals surface area contributed by atoms with E-state index >= 15 is 0 Å². The molecular weight excluding hydrogens is 671 g/mol. The number of aliphatic hydroxyl groups excluding tert-OH is 2. The van der Waals surface area contributed by atoms with Crippen LogP contribution >= 0.6 is 0 Å². The molecule has 2 saturated carbocycles. The van der Waals surface area contributed by atoms with E-state index < -0.39 is 0 Å². The van der Waals surface area contributed by atoms with Crippen LogP contribution in [-0.2, 0) is 20.1 Å². The third kappa shape index (κ3) is 7.43. The van der Waals surface area contributed by atoms with Crippen LogP contribution in [0.1, 0.15) is 73.6 Å². The Morgan fingerprint density at radius 1 is 0.750 bits per heavy atom. The summed E-state index contributed by atoms with van der Waals surface area (Å²) in [6, 6.07) is 21.4. The summed E-state index contributed by atoms with van der Waals surface area (Å²) in [5.41, 5.74) is 2.04. The maximum absolute atomic E-state index is 11.2. The number of aliphatic hydroxyl groups is 2. The fraction of sp³-hybridized carbons (Fsp3) is 0.583. The smallest absolute Gasteiger partial charge is 0.0626 e. The van der Waals surface area contributed by atoms with Gasteiger partial charge in [0.25, 0.3) is 0 Å². The Morgan fingerprint density at radius 3 is 2.00 bits per heavy atom. The van der Waals surface area contributed by atoms with Crippen LogP contribution in [0.25, 0.3) is 22.0 Å². The molecule has 6 unspecified atom stereocenters. The van der Waals surface area contributed by atoms with Crippen LogP contribution in [0.2, 0.25) is 0 Å².